The standard InChI is InChI=1S/C30H26N6O3S/c1-17-3-9-23(10-4-17)40(38,39)36-27-12-7-20(19-5-6-19)13-21(27)14-28(36)29(37)24-16-32-35(30(24)31)22-8-11-25-26(15-22)34-18(2)33-25/h3-4,7-16,19H,5-6,31H2,1-2H3,(H,33,34). The van der Waals surface area contributed by atoms with E-state index < -0.39 is 15.8 Å². The Morgan fingerprint density at radius 3 is 2.52 bits per heavy atom. The number of rotatable bonds is 6. The van der Waals surface area contributed by atoms with Crippen LogP contribution < -0.4 is 5.73 Å². The minimum absolute atomic E-state index is 0.00872. The van der Waals surface area contributed by atoms with Gasteiger partial charge in [-0.3, -0.25) is 4.79 Å². The Balaban J connectivity index is 1.38. The number of carbonyl (C=O) groups excluding carboxylic acids is 1. The van der Waals surface area contributed by atoms with Crippen molar-refractivity contribution in [3.63, 3.8) is 0 Å². The zero-order chi connectivity index (χ0) is 27.8. The molecule has 40 heavy (non-hydrogen) atoms. The van der Waals surface area contributed by atoms with Crippen molar-refractivity contribution < 1.29 is 13.2 Å². The van der Waals surface area contributed by atoms with E-state index in [2.05, 4.69) is 15.1 Å². The number of imidazole rings is 1. The summed E-state index contributed by atoms with van der Waals surface area (Å²) in [6.07, 6.45) is 3.61. The molecule has 3 aromatic heterocycles. The second-order valence-corrected chi connectivity index (χ2v) is 12.2. The predicted octanol–water partition coefficient (Wildman–Crippen LogP) is 5.25. The van der Waals surface area contributed by atoms with Crippen LogP contribution in [0.5, 0.6) is 0 Å². The fraction of sp³-hybridized carbons (Fsp3) is 0.167. The van der Waals surface area contributed by atoms with Gasteiger partial charge >= 0.3 is 0 Å². The number of ketones is 1. The molecule has 7 rings (SSSR count). The number of fused-ring (bicyclic) bond motifs is 2. The van der Waals surface area contributed by atoms with Gasteiger partial charge in [-0.05, 0) is 86.7 Å². The molecule has 0 amide bonds. The normalized spacial score (nSPS) is 13.8. The molecule has 0 spiro atoms. The van der Waals surface area contributed by atoms with Gasteiger partial charge in [0.25, 0.3) is 10.0 Å². The lowest BCUT2D eigenvalue weighted by molar-refractivity contribution is 0.103. The highest BCUT2D eigenvalue weighted by Crippen LogP contribution is 2.41. The Labute approximate surface area is 230 Å². The molecule has 1 fully saturated rings. The van der Waals surface area contributed by atoms with Gasteiger partial charge in [0.1, 0.15) is 17.3 Å². The van der Waals surface area contributed by atoms with E-state index in [1.807, 2.05) is 44.2 Å². The van der Waals surface area contributed by atoms with Crippen LogP contribution in [0.3, 0.4) is 0 Å². The maximum atomic E-state index is 14.0. The molecule has 0 saturated heterocycles. The molecule has 0 bridgehead atoms. The quantitative estimate of drug-likeness (QED) is 0.273. The third kappa shape index (κ3) is 3.83. The largest absolute Gasteiger partial charge is 0.383 e. The SMILES string of the molecule is Cc1ccc(S(=O)(=O)n2c(C(=O)c3cnn(-c4ccc5nc(C)[nH]c5c4)c3N)cc3cc(C4CC4)ccc32)cc1. The minimum Gasteiger partial charge on any atom is -0.383 e. The summed E-state index contributed by atoms with van der Waals surface area (Å²) in [6.45, 7) is 3.76. The van der Waals surface area contributed by atoms with E-state index in [9.17, 15) is 13.2 Å². The number of benzene rings is 3. The van der Waals surface area contributed by atoms with Gasteiger partial charge in [-0.1, -0.05) is 23.8 Å². The van der Waals surface area contributed by atoms with Crippen molar-refractivity contribution in [2.75, 3.05) is 5.73 Å². The van der Waals surface area contributed by atoms with Crippen molar-refractivity contribution >= 4 is 43.6 Å². The van der Waals surface area contributed by atoms with E-state index in [1.54, 1.807) is 36.4 Å². The smallest absolute Gasteiger partial charge is 0.268 e. The zero-order valence-electron chi connectivity index (χ0n) is 21.9. The van der Waals surface area contributed by atoms with Gasteiger partial charge in [-0.25, -0.2) is 22.1 Å². The van der Waals surface area contributed by atoms with Crippen molar-refractivity contribution in [3.05, 3.63) is 101 Å². The summed E-state index contributed by atoms with van der Waals surface area (Å²) in [7, 11) is -4.10. The molecule has 3 heterocycles. The number of nitrogen functional groups attached to an aromatic ring is 1. The maximum absolute atomic E-state index is 14.0. The van der Waals surface area contributed by atoms with Gasteiger partial charge in [-0.2, -0.15) is 5.10 Å². The topological polar surface area (TPSA) is 129 Å². The highest BCUT2D eigenvalue weighted by Gasteiger charge is 2.30. The van der Waals surface area contributed by atoms with Crippen LogP contribution in [0.4, 0.5) is 5.82 Å². The molecule has 0 unspecified atom stereocenters. The average molecular weight is 551 g/mol. The molecule has 0 atom stereocenters. The number of aryl methyl sites for hydroxylation is 2. The summed E-state index contributed by atoms with van der Waals surface area (Å²) in [5, 5.41) is 5.07. The lowest BCUT2D eigenvalue weighted by Gasteiger charge is -2.12. The van der Waals surface area contributed by atoms with Crippen molar-refractivity contribution in [3.8, 4) is 5.69 Å². The molecule has 9 nitrogen and oxygen atoms in total. The van der Waals surface area contributed by atoms with E-state index in [-0.39, 0.29) is 22.0 Å². The molecule has 200 valence electrons. The average Bonchev–Trinajstić information content (AvgIpc) is 3.44. The Morgan fingerprint density at radius 1 is 1.00 bits per heavy atom. The Morgan fingerprint density at radius 2 is 1.77 bits per heavy atom. The third-order valence-electron chi connectivity index (χ3n) is 7.50. The predicted molar refractivity (Wildman–Crippen MR) is 153 cm³/mol. The first kappa shape index (κ1) is 24.3. The van der Waals surface area contributed by atoms with Crippen molar-refractivity contribution in [1.29, 1.82) is 0 Å². The second kappa shape index (κ2) is 8.65. The summed E-state index contributed by atoms with van der Waals surface area (Å²) < 4.78 is 30.6. The van der Waals surface area contributed by atoms with Gasteiger partial charge in [0.05, 0.1) is 38.9 Å². The Hall–Kier alpha value is -4.70. The molecule has 3 N–H and O–H groups in total. The van der Waals surface area contributed by atoms with Crippen LogP contribution in [0.15, 0.2) is 77.8 Å². The number of H-pyrrole nitrogens is 1. The van der Waals surface area contributed by atoms with Crippen LogP contribution in [0.2, 0.25) is 0 Å². The van der Waals surface area contributed by atoms with Crippen LogP contribution in [-0.4, -0.2) is 37.9 Å². The van der Waals surface area contributed by atoms with Gasteiger partial charge < -0.3 is 10.7 Å². The van der Waals surface area contributed by atoms with Gasteiger partial charge in [0, 0.05) is 5.39 Å². The molecular weight excluding hydrogens is 524 g/mol. The lowest BCUT2D eigenvalue weighted by atomic mass is 10.1. The monoisotopic (exact) mass is 550 g/mol. The number of anilines is 1. The molecule has 0 radical (unpaired) electrons. The molecule has 3 aromatic carbocycles. The molecule has 1 aliphatic carbocycles. The summed E-state index contributed by atoms with van der Waals surface area (Å²) >= 11 is 0. The Kier molecular flexibility index (Phi) is 5.27. The van der Waals surface area contributed by atoms with E-state index >= 15 is 0 Å². The van der Waals surface area contributed by atoms with Crippen LogP contribution in [0, 0.1) is 13.8 Å². The van der Waals surface area contributed by atoms with Gasteiger partial charge in [-0.15, -0.1) is 0 Å². The number of nitrogens with zero attached hydrogens (tertiary/aromatic N) is 4. The summed E-state index contributed by atoms with van der Waals surface area (Å²) in [5.74, 6) is 0.847. The maximum Gasteiger partial charge on any atom is 0.268 e. The summed E-state index contributed by atoms with van der Waals surface area (Å²) in [6, 6.07) is 19.5. The van der Waals surface area contributed by atoms with Gasteiger partial charge in [0.15, 0.2) is 0 Å². The second-order valence-electron chi connectivity index (χ2n) is 10.4. The van der Waals surface area contributed by atoms with Crippen molar-refractivity contribution in [2.45, 2.75) is 37.5 Å². The number of nitrogens with two attached hydrogens (primary N) is 1. The van der Waals surface area contributed by atoms with Crippen LogP contribution in [0.25, 0.3) is 27.6 Å². The number of hydrogen-bond donors (Lipinski definition) is 2. The fourth-order valence-electron chi connectivity index (χ4n) is 5.25. The summed E-state index contributed by atoms with van der Waals surface area (Å²) in [4.78, 5) is 21.8. The number of carbonyl (C=O) groups is 1. The number of aromatic nitrogens is 5. The van der Waals surface area contributed by atoms with Gasteiger partial charge in [0.2, 0.25) is 5.78 Å². The molecule has 6 aromatic rings. The third-order valence-corrected chi connectivity index (χ3v) is 9.24. The molecule has 10 heteroatoms. The highest BCUT2D eigenvalue weighted by atomic mass is 32.2. The van der Waals surface area contributed by atoms with E-state index in [0.29, 0.717) is 22.5 Å². The van der Waals surface area contributed by atoms with Crippen LogP contribution in [-0.2, 0) is 10.0 Å². The first-order valence-electron chi connectivity index (χ1n) is 13.0. The van der Waals surface area contributed by atoms with E-state index in [1.165, 1.54) is 10.9 Å². The zero-order valence-corrected chi connectivity index (χ0v) is 22.7. The first-order valence-corrected chi connectivity index (χ1v) is 14.5. The Bertz CT molecular complexity index is 2080. The van der Waals surface area contributed by atoms with Crippen molar-refractivity contribution in [2.24, 2.45) is 0 Å². The number of hydrogen-bond acceptors (Lipinski definition) is 6. The lowest BCUT2D eigenvalue weighted by Crippen LogP contribution is -2.19. The minimum atomic E-state index is -4.10. The first-order chi connectivity index (χ1) is 19.2. The van der Waals surface area contributed by atoms with E-state index in [0.717, 1.165) is 44.8 Å². The van der Waals surface area contributed by atoms with Crippen LogP contribution >= 0.6 is 0 Å². The fourth-order valence-corrected chi connectivity index (χ4v) is 6.76. The molecule has 0 aliphatic heterocycles. The van der Waals surface area contributed by atoms with E-state index in [4.69, 9.17) is 5.73 Å². The van der Waals surface area contributed by atoms with Crippen LogP contribution in [0.1, 0.15) is 51.8 Å². The molecule has 1 aliphatic rings. The number of aromatic amines is 1. The molecular formula is C30H26N6O3S. The van der Waals surface area contributed by atoms with Crippen molar-refractivity contribution in [1.82, 2.24) is 23.7 Å². The highest BCUT2D eigenvalue weighted by molar-refractivity contribution is 7.90. The number of nitrogens with one attached hydrogen (secondary N) is 1. The molecule has 1 saturated carbocycles. The summed E-state index contributed by atoms with van der Waals surface area (Å²) in [5.41, 5.74) is 11.4.